The topological polar surface area (TPSA) is 120 Å². The van der Waals surface area contributed by atoms with Gasteiger partial charge in [-0.2, -0.15) is 10.4 Å². The largest absolute Gasteiger partial charge is 0.354 e. The average Bonchev–Trinajstić information content (AvgIpc) is 3.39. The molecule has 0 spiro atoms. The fourth-order valence-corrected chi connectivity index (χ4v) is 4.59. The van der Waals surface area contributed by atoms with Gasteiger partial charge in [0.2, 0.25) is 11.8 Å². The van der Waals surface area contributed by atoms with Crippen LogP contribution < -0.4 is 10.6 Å². The Morgan fingerprint density at radius 1 is 1.16 bits per heavy atom. The number of carbonyl (C=O) groups is 3. The van der Waals surface area contributed by atoms with Gasteiger partial charge in [0.05, 0.1) is 23.7 Å². The van der Waals surface area contributed by atoms with Crippen LogP contribution in [0.2, 0.25) is 0 Å². The monoisotopic (exact) mass is 500 g/mol. The van der Waals surface area contributed by atoms with Crippen LogP contribution in [0.1, 0.15) is 48.8 Å². The zero-order chi connectivity index (χ0) is 26.7. The zero-order valence-corrected chi connectivity index (χ0v) is 21.6. The van der Waals surface area contributed by atoms with Gasteiger partial charge >= 0.3 is 0 Å². The Bertz CT molecular complexity index is 1360. The van der Waals surface area contributed by atoms with E-state index >= 15 is 0 Å². The molecule has 0 radical (unpaired) electrons. The second-order valence-corrected chi connectivity index (χ2v) is 10.7. The lowest BCUT2D eigenvalue weighted by atomic mass is 9.86. The molecule has 1 fully saturated rings. The molecule has 2 atom stereocenters. The molecule has 3 aromatic rings. The summed E-state index contributed by atoms with van der Waals surface area (Å²) in [6.45, 7) is 7.09. The van der Waals surface area contributed by atoms with Gasteiger partial charge in [-0.05, 0) is 29.2 Å². The highest BCUT2D eigenvalue weighted by atomic mass is 16.2. The average molecular weight is 501 g/mol. The highest BCUT2D eigenvalue weighted by Crippen LogP contribution is 2.23. The lowest BCUT2D eigenvalue weighted by Gasteiger charge is -2.30. The number of rotatable bonds is 7. The number of hydrogen-bond acceptors (Lipinski definition) is 5. The summed E-state index contributed by atoms with van der Waals surface area (Å²) in [7, 11) is 1.76. The van der Waals surface area contributed by atoms with Crippen molar-refractivity contribution in [3.05, 3.63) is 65.4 Å². The van der Waals surface area contributed by atoms with Gasteiger partial charge in [0.1, 0.15) is 6.04 Å². The van der Waals surface area contributed by atoms with Crippen LogP contribution in [-0.2, 0) is 16.1 Å². The minimum atomic E-state index is -0.794. The number of carbonyl (C=O) groups excluding carboxylic acids is 3. The summed E-state index contributed by atoms with van der Waals surface area (Å²) in [5.41, 5.74) is 2.01. The van der Waals surface area contributed by atoms with E-state index in [0.29, 0.717) is 37.0 Å². The maximum absolute atomic E-state index is 13.5. The lowest BCUT2D eigenvalue weighted by Crippen LogP contribution is -2.54. The molecule has 2 aromatic carbocycles. The van der Waals surface area contributed by atoms with Gasteiger partial charge in [0, 0.05) is 37.9 Å². The number of para-hydroxylation sites is 1. The highest BCUT2D eigenvalue weighted by molar-refractivity contribution is 6.06. The highest BCUT2D eigenvalue weighted by Gasteiger charge is 2.35. The molecule has 192 valence electrons. The molecular formula is C28H32N6O3. The summed E-state index contributed by atoms with van der Waals surface area (Å²) in [4.78, 5) is 40.1. The van der Waals surface area contributed by atoms with Gasteiger partial charge in [0.25, 0.3) is 5.91 Å². The van der Waals surface area contributed by atoms with Gasteiger partial charge in [-0.1, -0.05) is 51.1 Å². The number of fused-ring (bicyclic) bond motifs is 1. The van der Waals surface area contributed by atoms with E-state index < -0.39 is 17.4 Å². The Balaban J connectivity index is 1.53. The number of benzene rings is 2. The van der Waals surface area contributed by atoms with Crippen LogP contribution in [-0.4, -0.2) is 58.6 Å². The van der Waals surface area contributed by atoms with Crippen molar-refractivity contribution in [2.75, 3.05) is 20.1 Å². The van der Waals surface area contributed by atoms with Gasteiger partial charge < -0.3 is 15.5 Å². The quantitative estimate of drug-likeness (QED) is 0.517. The third-order valence-corrected chi connectivity index (χ3v) is 6.68. The van der Waals surface area contributed by atoms with E-state index in [-0.39, 0.29) is 23.4 Å². The van der Waals surface area contributed by atoms with Crippen molar-refractivity contribution in [3.8, 4) is 6.07 Å². The summed E-state index contributed by atoms with van der Waals surface area (Å²) in [6.07, 6.45) is 0.409. The van der Waals surface area contributed by atoms with Gasteiger partial charge in [0.15, 0.2) is 5.69 Å². The first kappa shape index (κ1) is 25.9. The first-order chi connectivity index (χ1) is 17.6. The van der Waals surface area contributed by atoms with Crippen molar-refractivity contribution in [3.63, 3.8) is 0 Å². The van der Waals surface area contributed by atoms with E-state index in [4.69, 9.17) is 5.26 Å². The molecule has 2 N–H and O–H groups in total. The molecule has 3 amide bonds. The van der Waals surface area contributed by atoms with Crippen molar-refractivity contribution >= 4 is 28.6 Å². The lowest BCUT2D eigenvalue weighted by molar-refractivity contribution is -0.127. The number of hydrogen-bond donors (Lipinski definition) is 2. The summed E-state index contributed by atoms with van der Waals surface area (Å²) in [5, 5.41) is 20.2. The normalized spacial score (nSPS) is 16.5. The van der Waals surface area contributed by atoms with Crippen molar-refractivity contribution < 1.29 is 14.4 Å². The number of nitriles is 1. The van der Waals surface area contributed by atoms with Gasteiger partial charge in [-0.25, -0.2) is 0 Å². The molecule has 0 saturated carbocycles. The molecular weight excluding hydrogens is 468 g/mol. The van der Waals surface area contributed by atoms with Gasteiger partial charge in [-0.15, -0.1) is 0 Å². The van der Waals surface area contributed by atoms with E-state index in [1.807, 2.05) is 57.2 Å². The summed E-state index contributed by atoms with van der Waals surface area (Å²) in [6, 6.07) is 16.0. The number of nitrogens with one attached hydrogen (secondary N) is 2. The molecule has 1 saturated heterocycles. The van der Waals surface area contributed by atoms with Crippen molar-refractivity contribution in [2.45, 2.75) is 39.8 Å². The van der Waals surface area contributed by atoms with Crippen LogP contribution in [0.15, 0.2) is 48.5 Å². The Kier molecular flexibility index (Phi) is 7.30. The molecule has 1 aliphatic rings. The second-order valence-electron chi connectivity index (χ2n) is 10.7. The first-order valence-electron chi connectivity index (χ1n) is 12.3. The van der Waals surface area contributed by atoms with Crippen LogP contribution in [0.4, 0.5) is 0 Å². The zero-order valence-electron chi connectivity index (χ0n) is 21.6. The maximum Gasteiger partial charge on any atom is 0.273 e. The first-order valence-corrected chi connectivity index (χ1v) is 12.3. The molecule has 9 heteroatoms. The van der Waals surface area contributed by atoms with E-state index in [1.54, 1.807) is 28.8 Å². The molecule has 4 rings (SSSR count). The number of amides is 3. The SMILES string of the molecule is CN1CC(CNC(=O)[C@@H](NC(=O)c2nn(Cc3ccc(C#N)cc3)c3ccccc23)C(C)(C)C)CC1=O. The molecule has 1 aliphatic heterocycles. The summed E-state index contributed by atoms with van der Waals surface area (Å²) >= 11 is 0. The Morgan fingerprint density at radius 2 is 1.86 bits per heavy atom. The Morgan fingerprint density at radius 3 is 2.49 bits per heavy atom. The predicted molar refractivity (Wildman–Crippen MR) is 139 cm³/mol. The second kappa shape index (κ2) is 10.4. The van der Waals surface area contributed by atoms with Crippen molar-refractivity contribution in [1.82, 2.24) is 25.3 Å². The summed E-state index contributed by atoms with van der Waals surface area (Å²) in [5.74, 6) is -0.590. The van der Waals surface area contributed by atoms with Gasteiger partial charge in [-0.3, -0.25) is 19.1 Å². The van der Waals surface area contributed by atoms with Crippen molar-refractivity contribution in [2.24, 2.45) is 11.3 Å². The molecule has 2 heterocycles. The Labute approximate surface area is 216 Å². The third-order valence-electron chi connectivity index (χ3n) is 6.68. The van der Waals surface area contributed by atoms with Crippen LogP contribution in [0.5, 0.6) is 0 Å². The molecule has 1 aromatic heterocycles. The van der Waals surface area contributed by atoms with E-state index in [1.165, 1.54) is 0 Å². The molecule has 9 nitrogen and oxygen atoms in total. The Hall–Kier alpha value is -4.19. The van der Waals surface area contributed by atoms with E-state index in [2.05, 4.69) is 21.8 Å². The van der Waals surface area contributed by atoms with E-state index in [9.17, 15) is 14.4 Å². The minimum absolute atomic E-state index is 0.0552. The van der Waals surface area contributed by atoms with E-state index in [0.717, 1.165) is 11.1 Å². The molecule has 0 bridgehead atoms. The third kappa shape index (κ3) is 5.80. The smallest absolute Gasteiger partial charge is 0.273 e. The molecule has 1 unspecified atom stereocenters. The minimum Gasteiger partial charge on any atom is -0.354 e. The van der Waals surface area contributed by atoms with Crippen LogP contribution in [0.25, 0.3) is 10.9 Å². The molecule has 0 aliphatic carbocycles. The van der Waals surface area contributed by atoms with Crippen LogP contribution in [0, 0.1) is 22.7 Å². The van der Waals surface area contributed by atoms with Crippen molar-refractivity contribution in [1.29, 1.82) is 5.26 Å². The number of likely N-dealkylation sites (tertiary alicyclic amines) is 1. The fraction of sp³-hybridized carbons (Fsp3) is 0.393. The molecule has 37 heavy (non-hydrogen) atoms. The van der Waals surface area contributed by atoms with Crippen LogP contribution in [0.3, 0.4) is 0 Å². The maximum atomic E-state index is 13.5. The predicted octanol–water partition coefficient (Wildman–Crippen LogP) is 2.70. The van der Waals surface area contributed by atoms with Crippen LogP contribution >= 0.6 is 0 Å². The standard InChI is InChI=1S/C28H32N6O3/c1-28(2,3)25(27(37)30-15-20-13-23(35)33(4)16-20)31-26(36)24-21-7-5-6-8-22(21)34(32-24)17-19-11-9-18(14-29)10-12-19/h5-12,20,25H,13,15-17H2,1-4H3,(H,30,37)(H,31,36)/t20?,25-/m1/s1. The fourth-order valence-electron chi connectivity index (χ4n) is 4.59. The summed E-state index contributed by atoms with van der Waals surface area (Å²) < 4.78 is 1.76. The number of aromatic nitrogens is 2. The number of nitrogens with zero attached hydrogens (tertiary/aromatic N) is 4.